The minimum atomic E-state index is -0.378. The Labute approximate surface area is 112 Å². The van der Waals surface area contributed by atoms with Crippen molar-refractivity contribution in [2.75, 3.05) is 0 Å². The molecule has 0 aliphatic carbocycles. The molecule has 0 aliphatic heterocycles. The number of hydrogen-bond acceptors (Lipinski definition) is 1. The summed E-state index contributed by atoms with van der Waals surface area (Å²) < 4.78 is 6.02. The van der Waals surface area contributed by atoms with Crippen molar-refractivity contribution < 1.29 is 4.43 Å². The highest BCUT2D eigenvalue weighted by Gasteiger charge is 2.31. The minimum Gasteiger partial charge on any atom is -0.414 e. The molecule has 0 atom stereocenters. The van der Waals surface area contributed by atoms with Gasteiger partial charge in [-0.15, -0.1) is 6.58 Å². The molecule has 0 spiro atoms. The van der Waals surface area contributed by atoms with Crippen LogP contribution in [0.3, 0.4) is 0 Å². The zero-order chi connectivity index (χ0) is 12.8. The van der Waals surface area contributed by atoms with E-state index in [9.17, 15) is 0 Å². The van der Waals surface area contributed by atoms with Crippen LogP contribution in [0.4, 0.5) is 0 Å². The summed E-state index contributed by atoms with van der Waals surface area (Å²) in [5, 5.41) is 0. The lowest BCUT2D eigenvalue weighted by molar-refractivity contribution is 0.129. The molecule has 0 saturated heterocycles. The van der Waals surface area contributed by atoms with Crippen molar-refractivity contribution in [2.45, 2.75) is 12.0 Å². The molecule has 2 rings (SSSR count). The van der Waals surface area contributed by atoms with Crippen LogP contribution >= 0.6 is 0 Å². The smallest absolute Gasteiger partial charge is 0.147 e. The summed E-state index contributed by atoms with van der Waals surface area (Å²) in [6, 6.07) is 20.7. The van der Waals surface area contributed by atoms with Gasteiger partial charge < -0.3 is 4.43 Å². The van der Waals surface area contributed by atoms with Crippen molar-refractivity contribution in [1.82, 2.24) is 0 Å². The molecule has 18 heavy (non-hydrogen) atoms. The summed E-state index contributed by atoms with van der Waals surface area (Å²) in [5.74, 6) is 0. The van der Waals surface area contributed by atoms with Crippen molar-refractivity contribution in [3.05, 3.63) is 84.4 Å². The van der Waals surface area contributed by atoms with Crippen LogP contribution in [0.5, 0.6) is 0 Å². The van der Waals surface area contributed by atoms with Gasteiger partial charge in [0.2, 0.25) is 0 Å². The summed E-state index contributed by atoms with van der Waals surface area (Å²) in [4.78, 5) is 0. The van der Waals surface area contributed by atoms with Gasteiger partial charge in [-0.2, -0.15) is 0 Å². The van der Waals surface area contributed by atoms with E-state index in [2.05, 4.69) is 55.1 Å². The maximum Gasteiger partial charge on any atom is 0.147 e. The average Bonchev–Trinajstić information content (AvgIpc) is 2.47. The molecule has 0 unspecified atom stereocenters. The molecule has 0 radical (unpaired) electrons. The summed E-state index contributed by atoms with van der Waals surface area (Å²) in [6.07, 6.45) is 2.71. The second-order valence-electron chi connectivity index (χ2n) is 4.26. The van der Waals surface area contributed by atoms with Gasteiger partial charge in [0.1, 0.15) is 16.1 Å². The normalized spacial score (nSPS) is 11.3. The molecule has 2 heteroatoms. The van der Waals surface area contributed by atoms with Crippen molar-refractivity contribution in [3.8, 4) is 0 Å². The molecule has 0 fully saturated rings. The molecule has 0 N–H and O–H groups in total. The Bertz CT molecular complexity index is 454. The van der Waals surface area contributed by atoms with Gasteiger partial charge in [0, 0.05) is 6.42 Å². The van der Waals surface area contributed by atoms with Crippen LogP contribution in [0.1, 0.15) is 17.5 Å². The Morgan fingerprint density at radius 2 is 1.39 bits per heavy atom. The summed E-state index contributed by atoms with van der Waals surface area (Å²) >= 11 is 0. The van der Waals surface area contributed by atoms with E-state index in [0.717, 1.165) is 6.42 Å². The van der Waals surface area contributed by atoms with Gasteiger partial charge in [-0.1, -0.05) is 66.7 Å². The fourth-order valence-electron chi connectivity index (χ4n) is 2.34. The van der Waals surface area contributed by atoms with Gasteiger partial charge >= 0.3 is 0 Å². The number of benzene rings is 2. The topological polar surface area (TPSA) is 9.23 Å². The molecule has 0 aliphatic rings. The molecule has 0 bridgehead atoms. The maximum atomic E-state index is 6.02. The van der Waals surface area contributed by atoms with Crippen molar-refractivity contribution in [1.29, 1.82) is 0 Å². The minimum absolute atomic E-state index is 0.378. The van der Waals surface area contributed by atoms with E-state index in [1.54, 1.807) is 0 Å². The molecule has 92 valence electrons. The van der Waals surface area contributed by atoms with Gasteiger partial charge in [-0.05, 0) is 11.1 Å². The predicted octanol–water partition coefficient (Wildman–Crippen LogP) is 2.80. The van der Waals surface area contributed by atoms with Crippen LogP contribution in [0.15, 0.2) is 73.3 Å². The second kappa shape index (κ2) is 5.80. The molecule has 0 aromatic heterocycles. The molecule has 0 heterocycles. The van der Waals surface area contributed by atoms with E-state index < -0.39 is 0 Å². The first-order valence-electron chi connectivity index (χ1n) is 6.10. The van der Waals surface area contributed by atoms with Crippen LogP contribution < -0.4 is 0 Å². The van der Waals surface area contributed by atoms with Crippen LogP contribution in [-0.2, 0) is 10.0 Å². The largest absolute Gasteiger partial charge is 0.414 e. The third-order valence-corrected chi connectivity index (χ3v) is 3.96. The summed E-state index contributed by atoms with van der Waals surface area (Å²) in [7, 11) is 0.682. The average molecular weight is 254 g/mol. The van der Waals surface area contributed by atoms with Gasteiger partial charge in [0.25, 0.3) is 0 Å². The highest BCUT2D eigenvalue weighted by atomic mass is 28.2. The monoisotopic (exact) mass is 254 g/mol. The summed E-state index contributed by atoms with van der Waals surface area (Å²) in [6.45, 7) is 3.88. The fraction of sp³-hybridized carbons (Fsp3) is 0.125. The molecular formula is C16H18OSi. The molecular weight excluding hydrogens is 236 g/mol. The Morgan fingerprint density at radius 3 is 1.72 bits per heavy atom. The van der Waals surface area contributed by atoms with Crippen LogP contribution in [0, 0.1) is 0 Å². The fourth-order valence-corrected chi connectivity index (χ4v) is 2.98. The first kappa shape index (κ1) is 12.8. The van der Waals surface area contributed by atoms with E-state index >= 15 is 0 Å². The molecule has 2 aromatic carbocycles. The maximum absolute atomic E-state index is 6.02. The Kier molecular flexibility index (Phi) is 4.13. The summed E-state index contributed by atoms with van der Waals surface area (Å²) in [5.41, 5.74) is 1.99. The predicted molar refractivity (Wildman–Crippen MR) is 79.5 cm³/mol. The van der Waals surface area contributed by atoms with E-state index in [-0.39, 0.29) is 5.60 Å². The van der Waals surface area contributed by atoms with E-state index in [1.807, 2.05) is 18.2 Å². The molecule has 1 nitrogen and oxygen atoms in total. The number of rotatable bonds is 5. The highest BCUT2D eigenvalue weighted by molar-refractivity contribution is 5.98. The van der Waals surface area contributed by atoms with Gasteiger partial charge in [0.15, 0.2) is 0 Å². The van der Waals surface area contributed by atoms with Gasteiger partial charge in [0.05, 0.1) is 0 Å². The third-order valence-electron chi connectivity index (χ3n) is 3.26. The quantitative estimate of drug-likeness (QED) is 0.589. The van der Waals surface area contributed by atoms with E-state index in [0.29, 0.717) is 10.5 Å². The SMILES string of the molecule is C=CCC(O[SiH3])(c1ccccc1)c1ccccc1. The Hall–Kier alpha value is -1.64. The van der Waals surface area contributed by atoms with Crippen LogP contribution in [-0.4, -0.2) is 10.5 Å². The molecule has 2 aromatic rings. The standard InChI is InChI=1S/C16H18OSi/c1-2-13-16(17-18,14-9-5-3-6-10-14)15-11-7-4-8-12-15/h2-12H,1,13H2,18H3. The lowest BCUT2D eigenvalue weighted by atomic mass is 9.84. The zero-order valence-electron chi connectivity index (χ0n) is 10.7. The van der Waals surface area contributed by atoms with Crippen molar-refractivity contribution in [3.63, 3.8) is 0 Å². The first-order chi connectivity index (χ1) is 8.83. The lowest BCUT2D eigenvalue weighted by Gasteiger charge is -2.33. The van der Waals surface area contributed by atoms with E-state index in [1.165, 1.54) is 11.1 Å². The van der Waals surface area contributed by atoms with Gasteiger partial charge in [-0.3, -0.25) is 0 Å². The highest BCUT2D eigenvalue weighted by Crippen LogP contribution is 2.36. The lowest BCUT2D eigenvalue weighted by Crippen LogP contribution is -2.29. The Balaban J connectivity index is 2.57. The van der Waals surface area contributed by atoms with Crippen molar-refractivity contribution >= 4 is 10.5 Å². The number of hydrogen-bond donors (Lipinski definition) is 0. The molecule has 0 amide bonds. The zero-order valence-corrected chi connectivity index (χ0v) is 12.7. The molecule has 0 saturated carbocycles. The first-order valence-corrected chi connectivity index (χ1v) is 6.92. The van der Waals surface area contributed by atoms with Crippen molar-refractivity contribution in [2.24, 2.45) is 0 Å². The van der Waals surface area contributed by atoms with Gasteiger partial charge in [-0.25, -0.2) is 0 Å². The Morgan fingerprint density at radius 1 is 0.944 bits per heavy atom. The van der Waals surface area contributed by atoms with Crippen LogP contribution in [0.25, 0.3) is 0 Å². The van der Waals surface area contributed by atoms with Crippen LogP contribution in [0.2, 0.25) is 0 Å². The third kappa shape index (κ3) is 2.30. The second-order valence-corrected chi connectivity index (χ2v) is 4.66. The van der Waals surface area contributed by atoms with E-state index in [4.69, 9.17) is 4.43 Å².